The first-order valence-corrected chi connectivity index (χ1v) is 5.64. The van der Waals surface area contributed by atoms with Gasteiger partial charge in [0.2, 0.25) is 0 Å². The number of hydrogen-bond donors (Lipinski definition) is 1. The van der Waals surface area contributed by atoms with E-state index in [4.69, 9.17) is 5.73 Å². The SMILES string of the molecule is Nc1ncnnc1-c1csc2ccccc12. The van der Waals surface area contributed by atoms with Crippen LogP contribution in [0.25, 0.3) is 21.3 Å². The van der Waals surface area contributed by atoms with Crippen LogP contribution in [-0.2, 0) is 0 Å². The zero-order valence-electron chi connectivity index (χ0n) is 8.29. The average molecular weight is 228 g/mol. The summed E-state index contributed by atoms with van der Waals surface area (Å²) in [5.41, 5.74) is 7.45. The van der Waals surface area contributed by atoms with Crippen molar-refractivity contribution in [2.24, 2.45) is 0 Å². The molecule has 0 spiro atoms. The monoisotopic (exact) mass is 228 g/mol. The Kier molecular flexibility index (Phi) is 2.04. The van der Waals surface area contributed by atoms with E-state index in [-0.39, 0.29) is 0 Å². The van der Waals surface area contributed by atoms with E-state index in [1.165, 1.54) is 11.0 Å². The van der Waals surface area contributed by atoms with Crippen molar-refractivity contribution < 1.29 is 0 Å². The highest BCUT2D eigenvalue weighted by molar-refractivity contribution is 7.17. The number of rotatable bonds is 1. The van der Waals surface area contributed by atoms with E-state index >= 15 is 0 Å². The van der Waals surface area contributed by atoms with Crippen LogP contribution in [0, 0.1) is 0 Å². The highest BCUT2D eigenvalue weighted by Gasteiger charge is 2.10. The summed E-state index contributed by atoms with van der Waals surface area (Å²) in [4.78, 5) is 3.95. The van der Waals surface area contributed by atoms with Crippen LogP contribution in [0.4, 0.5) is 5.82 Å². The highest BCUT2D eigenvalue weighted by Crippen LogP contribution is 2.34. The van der Waals surface area contributed by atoms with Gasteiger partial charge in [-0.3, -0.25) is 0 Å². The minimum absolute atomic E-state index is 0.415. The Labute approximate surface area is 95.8 Å². The number of anilines is 1. The highest BCUT2D eigenvalue weighted by atomic mass is 32.1. The molecule has 1 aromatic carbocycles. The number of hydrogen-bond acceptors (Lipinski definition) is 5. The van der Waals surface area contributed by atoms with Crippen LogP contribution in [0.15, 0.2) is 36.0 Å². The lowest BCUT2D eigenvalue weighted by atomic mass is 10.1. The van der Waals surface area contributed by atoms with Gasteiger partial charge in [-0.1, -0.05) is 18.2 Å². The largest absolute Gasteiger partial charge is 0.382 e. The van der Waals surface area contributed by atoms with Gasteiger partial charge in [0, 0.05) is 21.0 Å². The summed E-state index contributed by atoms with van der Waals surface area (Å²) in [5, 5.41) is 11.0. The molecule has 3 rings (SSSR count). The molecular formula is C11H8N4S. The van der Waals surface area contributed by atoms with Gasteiger partial charge in [0.05, 0.1) is 0 Å². The van der Waals surface area contributed by atoms with Crippen molar-refractivity contribution in [2.45, 2.75) is 0 Å². The molecular weight excluding hydrogens is 220 g/mol. The van der Waals surface area contributed by atoms with Crippen LogP contribution in [-0.4, -0.2) is 15.2 Å². The molecule has 0 fully saturated rings. The fourth-order valence-electron chi connectivity index (χ4n) is 1.64. The molecule has 0 aliphatic heterocycles. The third-order valence-electron chi connectivity index (χ3n) is 2.38. The van der Waals surface area contributed by atoms with E-state index in [0.717, 1.165) is 10.9 Å². The van der Waals surface area contributed by atoms with E-state index in [1.807, 2.05) is 17.5 Å². The maximum atomic E-state index is 5.79. The first kappa shape index (κ1) is 9.23. The fraction of sp³-hybridized carbons (Fsp3) is 0. The standard InChI is InChI=1S/C11H8N4S/c12-11-10(15-14-6-13-11)8-5-16-9-4-2-1-3-7(8)9/h1-6H,(H2,12,13,14). The lowest BCUT2D eigenvalue weighted by Crippen LogP contribution is -1.97. The summed E-state index contributed by atoms with van der Waals surface area (Å²) in [6.45, 7) is 0. The van der Waals surface area contributed by atoms with Gasteiger partial charge in [-0.15, -0.1) is 21.5 Å². The van der Waals surface area contributed by atoms with Gasteiger partial charge < -0.3 is 5.73 Å². The predicted molar refractivity (Wildman–Crippen MR) is 65.1 cm³/mol. The number of nitrogen functional groups attached to an aromatic ring is 1. The lowest BCUT2D eigenvalue weighted by molar-refractivity contribution is 0.985. The van der Waals surface area contributed by atoms with Crippen LogP contribution in [0.2, 0.25) is 0 Å². The lowest BCUT2D eigenvalue weighted by Gasteiger charge is -2.00. The molecule has 0 saturated carbocycles. The van der Waals surface area contributed by atoms with E-state index in [0.29, 0.717) is 11.5 Å². The quantitative estimate of drug-likeness (QED) is 0.694. The van der Waals surface area contributed by atoms with Gasteiger partial charge in [-0.05, 0) is 6.07 Å². The molecule has 0 saturated heterocycles. The van der Waals surface area contributed by atoms with E-state index in [9.17, 15) is 0 Å². The molecule has 4 nitrogen and oxygen atoms in total. The first-order chi connectivity index (χ1) is 7.86. The summed E-state index contributed by atoms with van der Waals surface area (Å²) in [6.07, 6.45) is 1.35. The third kappa shape index (κ3) is 1.33. The van der Waals surface area contributed by atoms with Crippen LogP contribution < -0.4 is 5.73 Å². The first-order valence-electron chi connectivity index (χ1n) is 4.76. The van der Waals surface area contributed by atoms with Crippen LogP contribution in [0.5, 0.6) is 0 Å². The van der Waals surface area contributed by atoms with Gasteiger partial charge in [-0.25, -0.2) is 4.98 Å². The van der Waals surface area contributed by atoms with Crippen LogP contribution in [0.3, 0.4) is 0 Å². The second-order valence-corrected chi connectivity index (χ2v) is 4.25. The van der Waals surface area contributed by atoms with Crippen molar-refractivity contribution in [1.82, 2.24) is 15.2 Å². The molecule has 0 atom stereocenters. The summed E-state index contributed by atoms with van der Waals surface area (Å²) >= 11 is 1.67. The minimum atomic E-state index is 0.415. The molecule has 0 radical (unpaired) electrons. The van der Waals surface area contributed by atoms with Gasteiger partial charge >= 0.3 is 0 Å². The Morgan fingerprint density at radius 3 is 2.94 bits per heavy atom. The zero-order chi connectivity index (χ0) is 11.0. The number of aromatic nitrogens is 3. The zero-order valence-corrected chi connectivity index (χ0v) is 9.11. The second-order valence-electron chi connectivity index (χ2n) is 3.34. The molecule has 2 N–H and O–H groups in total. The molecule has 3 aromatic rings. The minimum Gasteiger partial charge on any atom is -0.382 e. The van der Waals surface area contributed by atoms with Crippen molar-refractivity contribution in [3.63, 3.8) is 0 Å². The van der Waals surface area contributed by atoms with Gasteiger partial charge in [0.25, 0.3) is 0 Å². The maximum absolute atomic E-state index is 5.79. The van der Waals surface area contributed by atoms with Crippen molar-refractivity contribution >= 4 is 27.2 Å². The summed E-state index contributed by atoms with van der Waals surface area (Å²) < 4.78 is 1.21. The smallest absolute Gasteiger partial charge is 0.153 e. The maximum Gasteiger partial charge on any atom is 0.153 e. The molecule has 0 unspecified atom stereocenters. The number of nitrogens with zero attached hydrogens (tertiary/aromatic N) is 3. The molecule has 0 amide bonds. The number of nitrogens with two attached hydrogens (primary N) is 1. The molecule has 5 heteroatoms. The fourth-order valence-corrected chi connectivity index (χ4v) is 2.58. The Morgan fingerprint density at radius 1 is 1.19 bits per heavy atom. The summed E-state index contributed by atoms with van der Waals surface area (Å²) in [5.74, 6) is 0.415. The predicted octanol–water partition coefficient (Wildman–Crippen LogP) is 2.34. The number of benzene rings is 1. The van der Waals surface area contributed by atoms with Gasteiger partial charge in [0.15, 0.2) is 5.82 Å². The molecule has 0 bridgehead atoms. The van der Waals surface area contributed by atoms with E-state index < -0.39 is 0 Å². The topological polar surface area (TPSA) is 64.7 Å². The Bertz CT molecular complexity index is 647. The summed E-state index contributed by atoms with van der Waals surface area (Å²) in [7, 11) is 0. The molecule has 16 heavy (non-hydrogen) atoms. The molecule has 78 valence electrons. The van der Waals surface area contributed by atoms with E-state index in [2.05, 4.69) is 27.3 Å². The van der Waals surface area contributed by atoms with Crippen molar-refractivity contribution in [1.29, 1.82) is 0 Å². The third-order valence-corrected chi connectivity index (χ3v) is 3.35. The Morgan fingerprint density at radius 2 is 2.06 bits per heavy atom. The molecule has 0 aliphatic carbocycles. The number of thiophene rings is 1. The molecule has 2 heterocycles. The van der Waals surface area contributed by atoms with Gasteiger partial charge in [0.1, 0.15) is 12.0 Å². The average Bonchev–Trinajstić information content (AvgIpc) is 2.74. The van der Waals surface area contributed by atoms with Crippen LogP contribution >= 0.6 is 11.3 Å². The second kappa shape index (κ2) is 3.53. The van der Waals surface area contributed by atoms with Crippen molar-refractivity contribution in [3.05, 3.63) is 36.0 Å². The Hall–Kier alpha value is -2.01. The number of fused-ring (bicyclic) bond motifs is 1. The molecule has 0 aliphatic rings. The summed E-state index contributed by atoms with van der Waals surface area (Å²) in [6, 6.07) is 8.14. The molecule has 2 aromatic heterocycles. The van der Waals surface area contributed by atoms with Crippen LogP contribution in [0.1, 0.15) is 0 Å². The van der Waals surface area contributed by atoms with Gasteiger partial charge in [-0.2, -0.15) is 0 Å². The Balaban J connectivity index is 2.31. The van der Waals surface area contributed by atoms with E-state index in [1.54, 1.807) is 11.3 Å². The normalized spacial score (nSPS) is 10.8. The van der Waals surface area contributed by atoms with Crippen molar-refractivity contribution in [3.8, 4) is 11.3 Å². The van der Waals surface area contributed by atoms with Crippen molar-refractivity contribution in [2.75, 3.05) is 5.73 Å².